The summed E-state index contributed by atoms with van der Waals surface area (Å²) in [4.78, 5) is 12.3. The summed E-state index contributed by atoms with van der Waals surface area (Å²) >= 11 is 6.07. The molecule has 24 heavy (non-hydrogen) atoms. The van der Waals surface area contributed by atoms with Crippen LogP contribution in [0.2, 0.25) is 5.02 Å². The van der Waals surface area contributed by atoms with Gasteiger partial charge < -0.3 is 11.1 Å². The van der Waals surface area contributed by atoms with Crippen LogP contribution in [0.25, 0.3) is 0 Å². The maximum Gasteiger partial charge on any atom is 0.244 e. The number of carbonyl (C=O) groups excluding carboxylic acids is 1. The van der Waals surface area contributed by atoms with E-state index in [2.05, 4.69) is 5.32 Å². The van der Waals surface area contributed by atoms with Gasteiger partial charge in [0.25, 0.3) is 0 Å². The Morgan fingerprint density at radius 2 is 1.88 bits per heavy atom. The fourth-order valence-corrected chi connectivity index (χ4v) is 4.35. The number of hydrogen-bond donors (Lipinski definition) is 2. The number of nitrogens with two attached hydrogens (primary N) is 1. The van der Waals surface area contributed by atoms with Crippen molar-refractivity contribution >= 4 is 33.2 Å². The second-order valence-electron chi connectivity index (χ2n) is 5.86. The number of benzene rings is 1. The molecule has 0 aromatic heterocycles. The fraction of sp³-hybridized carbons (Fsp3) is 0.562. The smallest absolute Gasteiger partial charge is 0.244 e. The number of sulfonamides is 1. The topological polar surface area (TPSA) is 92.5 Å². The predicted octanol–water partition coefficient (Wildman–Crippen LogP) is 2.83. The van der Waals surface area contributed by atoms with Crippen LogP contribution in [0.1, 0.15) is 40.5 Å². The van der Waals surface area contributed by atoms with E-state index in [1.807, 2.05) is 6.92 Å². The molecular formula is C16H26ClN3O3S. The summed E-state index contributed by atoms with van der Waals surface area (Å²) in [7, 11) is -3.72. The molecule has 1 aromatic carbocycles. The van der Waals surface area contributed by atoms with Crippen molar-refractivity contribution in [3.8, 4) is 0 Å². The van der Waals surface area contributed by atoms with Crippen molar-refractivity contribution in [3.63, 3.8) is 0 Å². The van der Waals surface area contributed by atoms with Crippen molar-refractivity contribution in [2.75, 3.05) is 18.4 Å². The molecular weight excluding hydrogens is 350 g/mol. The quantitative estimate of drug-likeness (QED) is 0.730. The average Bonchev–Trinajstić information content (AvgIpc) is 2.49. The van der Waals surface area contributed by atoms with Gasteiger partial charge in [0, 0.05) is 18.8 Å². The van der Waals surface area contributed by atoms with E-state index in [-0.39, 0.29) is 15.8 Å². The molecule has 0 aliphatic carbocycles. The van der Waals surface area contributed by atoms with Gasteiger partial charge >= 0.3 is 0 Å². The number of carbonyl (C=O) groups is 1. The normalized spacial score (nSPS) is 14.5. The molecule has 6 nitrogen and oxygen atoms in total. The van der Waals surface area contributed by atoms with Crippen LogP contribution in [0, 0.1) is 0 Å². The first-order valence-corrected chi connectivity index (χ1v) is 9.82. The highest BCUT2D eigenvalue weighted by molar-refractivity contribution is 7.89. The zero-order valence-corrected chi connectivity index (χ0v) is 16.2. The number of nitrogens with one attached hydrogen (secondary N) is 1. The maximum absolute atomic E-state index is 12.7. The van der Waals surface area contributed by atoms with E-state index in [4.69, 9.17) is 17.3 Å². The van der Waals surface area contributed by atoms with Gasteiger partial charge in [0.1, 0.15) is 4.90 Å². The van der Waals surface area contributed by atoms with Crippen molar-refractivity contribution in [2.24, 2.45) is 5.73 Å². The highest BCUT2D eigenvalue weighted by Crippen LogP contribution is 2.28. The Labute approximate surface area is 149 Å². The number of halogens is 1. The number of rotatable bonds is 8. The third-order valence-corrected chi connectivity index (χ3v) is 6.33. The second-order valence-corrected chi connectivity index (χ2v) is 8.17. The van der Waals surface area contributed by atoms with Crippen LogP contribution in [-0.4, -0.2) is 37.3 Å². The summed E-state index contributed by atoms with van der Waals surface area (Å²) in [5, 5.41) is 2.79. The van der Waals surface area contributed by atoms with Crippen LogP contribution in [-0.2, 0) is 14.8 Å². The van der Waals surface area contributed by atoms with Gasteiger partial charge in [-0.15, -0.1) is 0 Å². The summed E-state index contributed by atoms with van der Waals surface area (Å²) in [5.74, 6) is -0.363. The Kier molecular flexibility index (Phi) is 7.22. The summed E-state index contributed by atoms with van der Waals surface area (Å²) in [5.41, 5.74) is 5.33. The molecule has 0 spiro atoms. The third kappa shape index (κ3) is 4.69. The lowest BCUT2D eigenvalue weighted by Gasteiger charge is -2.23. The molecule has 1 atom stereocenters. The van der Waals surface area contributed by atoms with Crippen LogP contribution >= 0.6 is 11.6 Å². The number of nitrogens with zero attached hydrogens (tertiary/aromatic N) is 1. The molecule has 0 radical (unpaired) electrons. The fourth-order valence-electron chi connectivity index (χ4n) is 2.39. The molecule has 0 bridgehead atoms. The number of amides is 1. The van der Waals surface area contributed by atoms with Gasteiger partial charge in [-0.3, -0.25) is 4.79 Å². The van der Waals surface area contributed by atoms with Gasteiger partial charge in [-0.25, -0.2) is 8.42 Å². The molecule has 0 aliphatic heterocycles. The van der Waals surface area contributed by atoms with Crippen LogP contribution < -0.4 is 11.1 Å². The van der Waals surface area contributed by atoms with Gasteiger partial charge in [0.05, 0.1) is 10.6 Å². The van der Waals surface area contributed by atoms with Crippen molar-refractivity contribution in [1.29, 1.82) is 0 Å². The molecule has 8 heteroatoms. The summed E-state index contributed by atoms with van der Waals surface area (Å²) in [6.07, 6.45) is 1.29. The first-order valence-electron chi connectivity index (χ1n) is 8.00. The number of anilines is 1. The minimum absolute atomic E-state index is 0.0279. The molecule has 0 aliphatic rings. The van der Waals surface area contributed by atoms with Crippen molar-refractivity contribution < 1.29 is 13.2 Å². The lowest BCUT2D eigenvalue weighted by Crippen LogP contribution is -2.48. The Morgan fingerprint density at radius 3 is 2.38 bits per heavy atom. The van der Waals surface area contributed by atoms with Gasteiger partial charge in [-0.05, 0) is 31.5 Å². The van der Waals surface area contributed by atoms with E-state index < -0.39 is 15.6 Å². The van der Waals surface area contributed by atoms with E-state index in [0.717, 1.165) is 6.42 Å². The molecule has 0 saturated carbocycles. The molecule has 3 N–H and O–H groups in total. The first kappa shape index (κ1) is 20.9. The van der Waals surface area contributed by atoms with E-state index in [1.165, 1.54) is 16.4 Å². The van der Waals surface area contributed by atoms with Crippen molar-refractivity contribution in [3.05, 3.63) is 23.2 Å². The van der Waals surface area contributed by atoms with Crippen LogP contribution in [0.4, 0.5) is 5.69 Å². The van der Waals surface area contributed by atoms with Crippen LogP contribution in [0.3, 0.4) is 0 Å². The zero-order valence-electron chi connectivity index (χ0n) is 14.6. The van der Waals surface area contributed by atoms with Crippen LogP contribution in [0.5, 0.6) is 0 Å². The lowest BCUT2D eigenvalue weighted by molar-refractivity contribution is -0.120. The van der Waals surface area contributed by atoms with Crippen molar-refractivity contribution in [2.45, 2.75) is 51.0 Å². The summed E-state index contributed by atoms with van der Waals surface area (Å²) in [6, 6.07) is 4.39. The maximum atomic E-state index is 12.7. The molecule has 0 heterocycles. The zero-order chi connectivity index (χ0) is 18.5. The number of hydrogen-bond acceptors (Lipinski definition) is 4. The van der Waals surface area contributed by atoms with E-state index in [9.17, 15) is 13.2 Å². The molecule has 0 fully saturated rings. The van der Waals surface area contributed by atoms with E-state index >= 15 is 0 Å². The molecule has 0 saturated heterocycles. The van der Waals surface area contributed by atoms with Gasteiger partial charge in [0.2, 0.25) is 15.9 Å². The first-order chi connectivity index (χ1) is 11.1. The largest absolute Gasteiger partial charge is 0.324 e. The Bertz CT molecular complexity index is 686. The average molecular weight is 376 g/mol. The molecule has 1 aromatic rings. The SMILES string of the molecule is CCCC(C)(N)C(=O)Nc1ccc(Cl)c(S(=O)(=O)N(CC)CC)c1. The molecule has 1 unspecified atom stereocenters. The lowest BCUT2D eigenvalue weighted by atomic mass is 9.96. The Balaban J connectivity index is 3.18. The second kappa shape index (κ2) is 8.29. The van der Waals surface area contributed by atoms with Crippen molar-refractivity contribution in [1.82, 2.24) is 4.31 Å². The minimum Gasteiger partial charge on any atom is -0.324 e. The summed E-state index contributed by atoms with van der Waals surface area (Å²) < 4.78 is 26.6. The van der Waals surface area contributed by atoms with Gasteiger partial charge in [-0.2, -0.15) is 4.31 Å². The highest BCUT2D eigenvalue weighted by Gasteiger charge is 2.28. The Hall–Kier alpha value is -1.15. The van der Waals surface area contributed by atoms with Crippen LogP contribution in [0.15, 0.2) is 23.1 Å². The van der Waals surface area contributed by atoms with Gasteiger partial charge in [-0.1, -0.05) is 38.8 Å². The molecule has 1 rings (SSSR count). The molecule has 1 amide bonds. The third-order valence-electron chi connectivity index (χ3n) is 3.80. The minimum atomic E-state index is -3.72. The highest BCUT2D eigenvalue weighted by atomic mass is 35.5. The molecule has 136 valence electrons. The summed E-state index contributed by atoms with van der Waals surface area (Å²) in [6.45, 7) is 7.77. The Morgan fingerprint density at radius 1 is 1.29 bits per heavy atom. The predicted molar refractivity (Wildman–Crippen MR) is 97.7 cm³/mol. The standard InChI is InChI=1S/C16H26ClN3O3S/c1-5-10-16(4,18)15(21)19-12-8-9-13(17)14(11-12)24(22,23)20(6-2)7-3/h8-9,11H,5-7,10,18H2,1-4H3,(H,19,21). The van der Waals surface area contributed by atoms with E-state index in [0.29, 0.717) is 25.2 Å². The monoisotopic (exact) mass is 375 g/mol. The van der Waals surface area contributed by atoms with E-state index in [1.54, 1.807) is 26.8 Å². The van der Waals surface area contributed by atoms with Gasteiger partial charge in [0.15, 0.2) is 0 Å².